The molecule has 0 radical (unpaired) electrons. The lowest BCUT2D eigenvalue weighted by molar-refractivity contribution is -0.116. The number of carbonyl (C=O) groups excluding carboxylic acids is 1. The number of thioether (sulfide) groups is 1. The molecule has 0 aliphatic heterocycles. The molecule has 1 unspecified atom stereocenters. The summed E-state index contributed by atoms with van der Waals surface area (Å²) in [6, 6.07) is 5.74. The van der Waals surface area contributed by atoms with Gasteiger partial charge in [0, 0.05) is 6.07 Å². The number of carbonyl (C=O) groups is 1. The summed E-state index contributed by atoms with van der Waals surface area (Å²) in [5.74, 6) is 0.972. The molecule has 2 aromatic rings. The molecule has 0 aliphatic rings. The lowest BCUT2D eigenvalue weighted by Gasteiger charge is -2.02. The van der Waals surface area contributed by atoms with Crippen LogP contribution in [0.1, 0.15) is 20.8 Å². The monoisotopic (exact) mass is 264 g/mol. The third-order valence-corrected chi connectivity index (χ3v) is 3.71. The van der Waals surface area contributed by atoms with Gasteiger partial charge in [0.2, 0.25) is 0 Å². The topological polar surface area (TPSA) is 55.0 Å². The maximum absolute atomic E-state index is 11.2. The van der Waals surface area contributed by atoms with E-state index in [4.69, 9.17) is 4.74 Å². The van der Waals surface area contributed by atoms with Crippen LogP contribution < -0.4 is 4.74 Å². The summed E-state index contributed by atoms with van der Waals surface area (Å²) >= 11 is 1.44. The van der Waals surface area contributed by atoms with Gasteiger partial charge in [-0.15, -0.1) is 0 Å². The van der Waals surface area contributed by atoms with Crippen LogP contribution >= 0.6 is 11.8 Å². The number of Topliss-reactive ketones (excluding diaryl/α,β-unsaturated/α-hetero) is 1. The van der Waals surface area contributed by atoms with Crippen LogP contribution in [0.25, 0.3) is 11.0 Å². The third kappa shape index (κ3) is 2.85. The largest absolute Gasteiger partial charge is 0.494 e. The SMILES string of the molecule is CCOc1ccc2nc(SC(C)C(C)=O)[nH]c2c1. The smallest absolute Gasteiger partial charge is 0.167 e. The number of H-pyrrole nitrogens is 1. The molecule has 4 nitrogen and oxygen atoms in total. The lowest BCUT2D eigenvalue weighted by atomic mass is 10.3. The molecule has 0 spiro atoms. The first kappa shape index (κ1) is 13.0. The zero-order valence-electron chi connectivity index (χ0n) is 10.7. The summed E-state index contributed by atoms with van der Waals surface area (Å²) in [5, 5.41) is 0.679. The van der Waals surface area contributed by atoms with Crippen LogP contribution in [0.2, 0.25) is 0 Å². The summed E-state index contributed by atoms with van der Waals surface area (Å²) in [4.78, 5) is 18.9. The minimum atomic E-state index is -0.0862. The molecule has 0 fully saturated rings. The molecule has 2 rings (SSSR count). The first-order chi connectivity index (χ1) is 8.60. The number of ether oxygens (including phenoxy) is 1. The van der Waals surface area contributed by atoms with E-state index < -0.39 is 0 Å². The molecule has 1 heterocycles. The zero-order chi connectivity index (χ0) is 13.1. The molecular weight excluding hydrogens is 248 g/mol. The van der Waals surface area contributed by atoms with E-state index in [2.05, 4.69) is 9.97 Å². The maximum atomic E-state index is 11.2. The van der Waals surface area contributed by atoms with E-state index in [0.717, 1.165) is 21.9 Å². The molecule has 0 aliphatic carbocycles. The molecule has 1 aromatic heterocycles. The highest BCUT2D eigenvalue weighted by Gasteiger charge is 2.12. The molecule has 0 bridgehead atoms. The number of aromatic amines is 1. The van der Waals surface area contributed by atoms with E-state index in [0.29, 0.717) is 6.61 Å². The first-order valence-corrected chi connectivity index (χ1v) is 6.77. The van der Waals surface area contributed by atoms with Gasteiger partial charge in [-0.25, -0.2) is 4.98 Å². The van der Waals surface area contributed by atoms with Gasteiger partial charge in [-0.05, 0) is 32.9 Å². The summed E-state index contributed by atoms with van der Waals surface area (Å²) in [5.41, 5.74) is 1.82. The molecule has 5 heteroatoms. The van der Waals surface area contributed by atoms with E-state index in [1.54, 1.807) is 6.92 Å². The fraction of sp³-hybridized carbons (Fsp3) is 0.385. The molecule has 0 saturated carbocycles. The van der Waals surface area contributed by atoms with Crippen molar-refractivity contribution in [3.05, 3.63) is 18.2 Å². The second-order valence-electron chi connectivity index (χ2n) is 4.02. The summed E-state index contributed by atoms with van der Waals surface area (Å²) in [7, 11) is 0. The van der Waals surface area contributed by atoms with Crippen molar-refractivity contribution in [1.29, 1.82) is 0 Å². The van der Waals surface area contributed by atoms with Gasteiger partial charge >= 0.3 is 0 Å². The van der Waals surface area contributed by atoms with Crippen LogP contribution in [0.4, 0.5) is 0 Å². The molecule has 0 saturated heterocycles. The number of fused-ring (bicyclic) bond motifs is 1. The van der Waals surface area contributed by atoms with Gasteiger partial charge in [-0.3, -0.25) is 4.79 Å². The Morgan fingerprint density at radius 3 is 3.00 bits per heavy atom. The number of hydrogen-bond acceptors (Lipinski definition) is 4. The second-order valence-corrected chi connectivity index (χ2v) is 5.35. The quantitative estimate of drug-likeness (QED) is 0.843. The van der Waals surface area contributed by atoms with Gasteiger partial charge in [-0.2, -0.15) is 0 Å². The van der Waals surface area contributed by atoms with Gasteiger partial charge in [0.1, 0.15) is 11.5 Å². The number of hydrogen-bond donors (Lipinski definition) is 1. The molecule has 1 atom stereocenters. The minimum Gasteiger partial charge on any atom is -0.494 e. The van der Waals surface area contributed by atoms with Crippen molar-refractivity contribution in [2.75, 3.05) is 6.61 Å². The highest BCUT2D eigenvalue weighted by atomic mass is 32.2. The van der Waals surface area contributed by atoms with E-state index in [9.17, 15) is 4.79 Å². The Morgan fingerprint density at radius 1 is 1.56 bits per heavy atom. The van der Waals surface area contributed by atoms with Crippen molar-refractivity contribution in [3.63, 3.8) is 0 Å². The van der Waals surface area contributed by atoms with E-state index in [-0.39, 0.29) is 11.0 Å². The number of aromatic nitrogens is 2. The fourth-order valence-corrected chi connectivity index (χ4v) is 2.35. The molecule has 18 heavy (non-hydrogen) atoms. The zero-order valence-corrected chi connectivity index (χ0v) is 11.5. The normalized spacial score (nSPS) is 12.6. The highest BCUT2D eigenvalue weighted by Crippen LogP contribution is 2.25. The van der Waals surface area contributed by atoms with E-state index in [1.807, 2.05) is 32.0 Å². The van der Waals surface area contributed by atoms with Crippen LogP contribution in [0.15, 0.2) is 23.4 Å². The lowest BCUT2D eigenvalue weighted by Crippen LogP contribution is -2.07. The Bertz CT molecular complexity index is 565. The van der Waals surface area contributed by atoms with Crippen molar-refractivity contribution in [1.82, 2.24) is 9.97 Å². The first-order valence-electron chi connectivity index (χ1n) is 5.90. The van der Waals surface area contributed by atoms with Gasteiger partial charge in [0.15, 0.2) is 5.16 Å². The van der Waals surface area contributed by atoms with Crippen molar-refractivity contribution < 1.29 is 9.53 Å². The predicted octanol–water partition coefficient (Wildman–Crippen LogP) is 3.03. The summed E-state index contributed by atoms with van der Waals surface area (Å²) in [6.45, 7) is 6.06. The Balaban J connectivity index is 2.24. The number of rotatable bonds is 5. The van der Waals surface area contributed by atoms with E-state index >= 15 is 0 Å². The number of ketones is 1. The number of benzene rings is 1. The molecular formula is C13H16N2O2S. The predicted molar refractivity (Wildman–Crippen MR) is 73.3 cm³/mol. The van der Waals surface area contributed by atoms with Gasteiger partial charge < -0.3 is 9.72 Å². The van der Waals surface area contributed by atoms with Crippen molar-refractivity contribution in [3.8, 4) is 5.75 Å². The highest BCUT2D eigenvalue weighted by molar-refractivity contribution is 8.00. The number of nitrogens with zero attached hydrogens (tertiary/aromatic N) is 1. The average molecular weight is 264 g/mol. The van der Waals surface area contributed by atoms with Crippen LogP contribution in [-0.4, -0.2) is 27.6 Å². The molecule has 96 valence electrons. The Morgan fingerprint density at radius 2 is 2.33 bits per heavy atom. The van der Waals surface area contributed by atoms with Crippen LogP contribution in [0.5, 0.6) is 5.75 Å². The molecule has 0 amide bonds. The Kier molecular flexibility index (Phi) is 3.91. The van der Waals surface area contributed by atoms with Crippen molar-refractivity contribution in [2.24, 2.45) is 0 Å². The van der Waals surface area contributed by atoms with Crippen LogP contribution in [-0.2, 0) is 4.79 Å². The average Bonchev–Trinajstić information content (AvgIpc) is 2.70. The fourth-order valence-electron chi connectivity index (χ4n) is 1.53. The second kappa shape index (κ2) is 5.44. The van der Waals surface area contributed by atoms with Gasteiger partial charge in [0.05, 0.1) is 22.9 Å². The van der Waals surface area contributed by atoms with Crippen molar-refractivity contribution in [2.45, 2.75) is 31.2 Å². The van der Waals surface area contributed by atoms with Gasteiger partial charge in [0.25, 0.3) is 0 Å². The van der Waals surface area contributed by atoms with Crippen LogP contribution in [0, 0.1) is 0 Å². The number of nitrogens with one attached hydrogen (secondary N) is 1. The summed E-state index contributed by atoms with van der Waals surface area (Å²) in [6.07, 6.45) is 0. The van der Waals surface area contributed by atoms with Gasteiger partial charge in [-0.1, -0.05) is 11.8 Å². The summed E-state index contributed by atoms with van der Waals surface area (Å²) < 4.78 is 5.43. The standard InChI is InChI=1S/C13H16N2O2S/c1-4-17-10-5-6-11-12(7-10)15-13(14-11)18-9(3)8(2)16/h5-7,9H,4H2,1-3H3,(H,14,15). The van der Waals surface area contributed by atoms with E-state index in [1.165, 1.54) is 11.8 Å². The number of imidazole rings is 1. The Hall–Kier alpha value is -1.49. The van der Waals surface area contributed by atoms with Crippen molar-refractivity contribution >= 4 is 28.6 Å². The Labute approximate surface area is 110 Å². The van der Waals surface area contributed by atoms with Crippen LogP contribution in [0.3, 0.4) is 0 Å². The molecule has 1 N–H and O–H groups in total. The third-order valence-electron chi connectivity index (χ3n) is 2.60. The molecule has 1 aromatic carbocycles. The minimum absolute atomic E-state index is 0.0862. The maximum Gasteiger partial charge on any atom is 0.167 e.